The van der Waals surface area contributed by atoms with Crippen LogP contribution >= 0.6 is 0 Å². The van der Waals surface area contributed by atoms with Crippen molar-refractivity contribution in [3.63, 3.8) is 0 Å². The highest BCUT2D eigenvalue weighted by Gasteiger charge is 2.09. The third kappa shape index (κ3) is 3.92. The zero-order valence-electron chi connectivity index (χ0n) is 13.1. The Hall–Kier alpha value is -3.42. The van der Waals surface area contributed by atoms with Crippen LogP contribution in [0.3, 0.4) is 0 Å². The second-order valence-electron chi connectivity index (χ2n) is 5.40. The largest absolute Gasteiger partial charge is 0.383 e. The zero-order chi connectivity index (χ0) is 17.8. The summed E-state index contributed by atoms with van der Waals surface area (Å²) in [5.74, 6) is -0.645. The molecule has 0 saturated carbocycles. The van der Waals surface area contributed by atoms with Gasteiger partial charge in [0.1, 0.15) is 11.5 Å². The zero-order valence-corrected chi connectivity index (χ0v) is 13.1. The average molecular weight is 342 g/mol. The van der Waals surface area contributed by atoms with Crippen LogP contribution in [-0.2, 0) is 0 Å². The molecule has 0 aliphatic rings. The van der Waals surface area contributed by atoms with Gasteiger partial charge in [-0.2, -0.15) is 0 Å². The molecule has 7 nitrogen and oxygen atoms in total. The fourth-order valence-electron chi connectivity index (χ4n) is 2.40. The van der Waals surface area contributed by atoms with Crippen LogP contribution in [0.1, 0.15) is 10.5 Å². The van der Waals surface area contributed by atoms with Crippen LogP contribution in [0.25, 0.3) is 10.9 Å². The number of amides is 1. The van der Waals surface area contributed by atoms with Crippen LogP contribution < -0.4 is 10.6 Å². The lowest BCUT2D eigenvalue weighted by Crippen LogP contribution is -2.28. The molecule has 0 unspecified atom stereocenters. The fourth-order valence-corrected chi connectivity index (χ4v) is 2.40. The van der Waals surface area contributed by atoms with E-state index in [0.717, 1.165) is 5.69 Å². The summed E-state index contributed by atoms with van der Waals surface area (Å²) in [6.07, 6.45) is 0. The SMILES string of the molecule is O=C(NCCNc1ccc([N+](=O)[O-])cc1)c1cc2cc(F)ccc2[nH]1. The van der Waals surface area contributed by atoms with Crippen molar-refractivity contribution in [1.29, 1.82) is 0 Å². The smallest absolute Gasteiger partial charge is 0.269 e. The number of anilines is 1. The van der Waals surface area contributed by atoms with Crippen LogP contribution in [0.5, 0.6) is 0 Å². The van der Waals surface area contributed by atoms with Gasteiger partial charge in [0.15, 0.2) is 0 Å². The van der Waals surface area contributed by atoms with Gasteiger partial charge < -0.3 is 15.6 Å². The van der Waals surface area contributed by atoms with Gasteiger partial charge in [-0.3, -0.25) is 14.9 Å². The van der Waals surface area contributed by atoms with Crippen LogP contribution in [0.2, 0.25) is 0 Å². The summed E-state index contributed by atoms with van der Waals surface area (Å²) in [7, 11) is 0. The first-order chi connectivity index (χ1) is 12.0. The van der Waals surface area contributed by atoms with Crippen molar-refractivity contribution in [2.45, 2.75) is 0 Å². The molecular formula is C17H15FN4O3. The number of fused-ring (bicyclic) bond motifs is 1. The molecule has 1 aromatic heterocycles. The number of halogens is 1. The molecule has 3 N–H and O–H groups in total. The monoisotopic (exact) mass is 342 g/mol. The third-order valence-corrected chi connectivity index (χ3v) is 3.65. The second-order valence-corrected chi connectivity index (χ2v) is 5.40. The van der Waals surface area contributed by atoms with Gasteiger partial charge in [0, 0.05) is 41.8 Å². The van der Waals surface area contributed by atoms with Crippen LogP contribution in [-0.4, -0.2) is 28.9 Å². The van der Waals surface area contributed by atoms with Gasteiger partial charge in [0.05, 0.1) is 4.92 Å². The number of nitro benzene ring substituents is 1. The average Bonchev–Trinajstić information content (AvgIpc) is 3.02. The highest BCUT2D eigenvalue weighted by Crippen LogP contribution is 2.17. The lowest BCUT2D eigenvalue weighted by Gasteiger charge is -2.07. The maximum atomic E-state index is 13.2. The van der Waals surface area contributed by atoms with Crippen molar-refractivity contribution in [1.82, 2.24) is 10.3 Å². The van der Waals surface area contributed by atoms with Crippen molar-refractivity contribution in [2.24, 2.45) is 0 Å². The first-order valence-corrected chi connectivity index (χ1v) is 7.58. The lowest BCUT2D eigenvalue weighted by molar-refractivity contribution is -0.384. The van der Waals surface area contributed by atoms with Crippen LogP contribution in [0.4, 0.5) is 15.8 Å². The Balaban J connectivity index is 1.51. The summed E-state index contributed by atoms with van der Waals surface area (Å²) in [5, 5.41) is 17.0. The predicted molar refractivity (Wildman–Crippen MR) is 92.2 cm³/mol. The van der Waals surface area contributed by atoms with E-state index in [1.807, 2.05) is 0 Å². The number of nitrogens with zero attached hydrogens (tertiary/aromatic N) is 1. The summed E-state index contributed by atoms with van der Waals surface area (Å²) in [6.45, 7) is 0.817. The number of aromatic amines is 1. The minimum Gasteiger partial charge on any atom is -0.383 e. The van der Waals surface area contributed by atoms with Gasteiger partial charge in [-0.05, 0) is 36.4 Å². The fraction of sp³-hybridized carbons (Fsp3) is 0.118. The van der Waals surface area contributed by atoms with Crippen molar-refractivity contribution >= 4 is 28.2 Å². The number of hydrogen-bond donors (Lipinski definition) is 3. The first-order valence-electron chi connectivity index (χ1n) is 7.58. The van der Waals surface area contributed by atoms with Crippen molar-refractivity contribution in [2.75, 3.05) is 18.4 Å². The Morgan fingerprint density at radius 1 is 1.12 bits per heavy atom. The Morgan fingerprint density at radius 2 is 1.88 bits per heavy atom. The number of benzene rings is 2. The highest BCUT2D eigenvalue weighted by atomic mass is 19.1. The number of aromatic nitrogens is 1. The molecule has 1 heterocycles. The van der Waals surface area contributed by atoms with E-state index in [4.69, 9.17) is 0 Å². The summed E-state index contributed by atoms with van der Waals surface area (Å²) < 4.78 is 13.2. The molecule has 3 aromatic rings. The maximum Gasteiger partial charge on any atom is 0.269 e. The molecule has 1 amide bonds. The molecule has 0 radical (unpaired) electrons. The second kappa shape index (κ2) is 7.00. The number of non-ortho nitro benzene ring substituents is 1. The summed E-state index contributed by atoms with van der Waals surface area (Å²) in [4.78, 5) is 25.1. The van der Waals surface area contributed by atoms with E-state index in [1.54, 1.807) is 24.3 Å². The third-order valence-electron chi connectivity index (χ3n) is 3.65. The number of nitro groups is 1. The van der Waals surface area contributed by atoms with E-state index in [1.165, 1.54) is 24.3 Å². The molecule has 128 valence electrons. The Morgan fingerprint density at radius 3 is 2.60 bits per heavy atom. The Kier molecular flexibility index (Phi) is 4.60. The number of carbonyl (C=O) groups excluding carboxylic acids is 1. The van der Waals surface area contributed by atoms with Crippen LogP contribution in [0, 0.1) is 15.9 Å². The normalized spacial score (nSPS) is 10.6. The summed E-state index contributed by atoms with van der Waals surface area (Å²) >= 11 is 0. The molecule has 0 bridgehead atoms. The van der Waals surface area contributed by atoms with Gasteiger partial charge in [-0.25, -0.2) is 4.39 Å². The Bertz CT molecular complexity index is 921. The standard InChI is InChI=1S/C17H15FN4O3/c18-12-1-6-15-11(9-12)10-16(21-15)17(23)20-8-7-19-13-2-4-14(5-3-13)22(24)25/h1-6,9-10,19,21H,7-8H2,(H,20,23). The van der Waals surface area contributed by atoms with Crippen molar-refractivity contribution in [3.8, 4) is 0 Å². The topological polar surface area (TPSA) is 100 Å². The molecule has 25 heavy (non-hydrogen) atoms. The number of hydrogen-bond acceptors (Lipinski definition) is 4. The van der Waals surface area contributed by atoms with Crippen LogP contribution in [0.15, 0.2) is 48.5 Å². The number of nitrogens with one attached hydrogen (secondary N) is 3. The number of carbonyl (C=O) groups is 1. The van der Waals surface area contributed by atoms with E-state index in [9.17, 15) is 19.3 Å². The van der Waals surface area contributed by atoms with Crippen molar-refractivity contribution < 1.29 is 14.1 Å². The van der Waals surface area contributed by atoms with E-state index < -0.39 is 4.92 Å². The first kappa shape index (κ1) is 16.4. The minimum absolute atomic E-state index is 0.0223. The quantitative estimate of drug-likeness (QED) is 0.364. The predicted octanol–water partition coefficient (Wildman–Crippen LogP) is 3.06. The summed E-state index contributed by atoms with van der Waals surface area (Å²) in [6, 6.07) is 11.9. The maximum absolute atomic E-state index is 13.2. The van der Waals surface area contributed by atoms with Gasteiger partial charge in [0.2, 0.25) is 0 Å². The highest BCUT2D eigenvalue weighted by molar-refractivity contribution is 5.98. The van der Waals surface area contributed by atoms with E-state index in [-0.39, 0.29) is 17.4 Å². The molecule has 3 rings (SSSR count). The van der Waals surface area contributed by atoms with E-state index >= 15 is 0 Å². The molecule has 0 atom stereocenters. The van der Waals surface area contributed by atoms with Gasteiger partial charge in [-0.15, -0.1) is 0 Å². The lowest BCUT2D eigenvalue weighted by atomic mass is 10.2. The molecule has 0 aliphatic carbocycles. The molecule has 2 aromatic carbocycles. The molecule has 0 fully saturated rings. The minimum atomic E-state index is -0.462. The number of rotatable bonds is 6. The molecule has 0 aliphatic heterocycles. The van der Waals surface area contributed by atoms with Crippen molar-refractivity contribution in [3.05, 3.63) is 70.2 Å². The van der Waals surface area contributed by atoms with Gasteiger partial charge in [-0.1, -0.05) is 0 Å². The van der Waals surface area contributed by atoms with Gasteiger partial charge >= 0.3 is 0 Å². The molecule has 8 heteroatoms. The molecule has 0 saturated heterocycles. The van der Waals surface area contributed by atoms with E-state index in [0.29, 0.717) is 29.7 Å². The molecule has 0 spiro atoms. The van der Waals surface area contributed by atoms with E-state index in [2.05, 4.69) is 15.6 Å². The summed E-state index contributed by atoms with van der Waals surface area (Å²) in [5.41, 5.74) is 1.79. The molecular weight excluding hydrogens is 327 g/mol. The Labute approximate surface area is 142 Å². The van der Waals surface area contributed by atoms with Gasteiger partial charge in [0.25, 0.3) is 11.6 Å². The number of H-pyrrole nitrogens is 1.